The highest BCUT2D eigenvalue weighted by atomic mass is 16.3. The number of aromatic hydroxyl groups is 1. The first-order valence-corrected chi connectivity index (χ1v) is 4.46. The molecule has 0 aliphatic heterocycles. The second-order valence-corrected chi connectivity index (χ2v) is 3.27. The molecule has 0 bridgehead atoms. The number of nitrogens with one attached hydrogen (secondary N) is 1. The molecule has 0 saturated carbocycles. The van der Waals surface area contributed by atoms with Crippen LogP contribution >= 0.6 is 0 Å². The molecule has 13 heavy (non-hydrogen) atoms. The van der Waals surface area contributed by atoms with Crippen LogP contribution in [0.3, 0.4) is 0 Å². The molecule has 0 amide bonds. The van der Waals surface area contributed by atoms with Gasteiger partial charge in [0.05, 0.1) is 0 Å². The average Bonchev–Trinajstić information content (AvgIpc) is 2.16. The van der Waals surface area contributed by atoms with Gasteiger partial charge in [0.15, 0.2) is 0 Å². The van der Waals surface area contributed by atoms with Crippen molar-refractivity contribution in [3.8, 4) is 5.75 Å². The lowest BCUT2D eigenvalue weighted by atomic mass is 10.1. The summed E-state index contributed by atoms with van der Waals surface area (Å²) in [5.41, 5.74) is 3.92. The second kappa shape index (κ2) is 4.84. The largest absolute Gasteiger partial charge is 0.508 e. The van der Waals surface area contributed by atoms with Crippen molar-refractivity contribution in [3.63, 3.8) is 0 Å². The van der Waals surface area contributed by atoms with Crippen LogP contribution in [0.5, 0.6) is 5.75 Å². The van der Waals surface area contributed by atoms with Crippen LogP contribution in [-0.4, -0.2) is 11.1 Å². The Bertz CT molecular complexity index is 246. The minimum Gasteiger partial charge on any atom is -0.508 e. The predicted octanol–water partition coefficient (Wildman–Crippen LogP) is 1.18. The average molecular weight is 180 g/mol. The van der Waals surface area contributed by atoms with Gasteiger partial charge in [-0.2, -0.15) is 0 Å². The van der Waals surface area contributed by atoms with Gasteiger partial charge in [0.1, 0.15) is 5.75 Å². The molecule has 1 atom stereocenters. The van der Waals surface area contributed by atoms with Crippen LogP contribution in [0.2, 0.25) is 0 Å². The van der Waals surface area contributed by atoms with Crippen LogP contribution in [0.15, 0.2) is 24.3 Å². The summed E-state index contributed by atoms with van der Waals surface area (Å²) in [5, 5.41) is 9.05. The quantitative estimate of drug-likeness (QED) is 0.481. The second-order valence-electron chi connectivity index (χ2n) is 3.27. The third-order valence-electron chi connectivity index (χ3n) is 2.09. The van der Waals surface area contributed by atoms with Gasteiger partial charge in [-0.05, 0) is 37.5 Å². The number of rotatable bonds is 4. The van der Waals surface area contributed by atoms with Crippen molar-refractivity contribution < 1.29 is 5.11 Å². The maximum absolute atomic E-state index is 9.05. The van der Waals surface area contributed by atoms with Crippen molar-refractivity contribution in [2.75, 3.05) is 0 Å². The highest BCUT2D eigenvalue weighted by molar-refractivity contribution is 5.25. The minimum absolute atomic E-state index is 0.314. The van der Waals surface area contributed by atoms with Crippen LogP contribution in [0.1, 0.15) is 18.9 Å². The molecular weight excluding hydrogens is 164 g/mol. The molecule has 0 heterocycles. The van der Waals surface area contributed by atoms with Gasteiger partial charge in [0.25, 0.3) is 0 Å². The summed E-state index contributed by atoms with van der Waals surface area (Å²) >= 11 is 0. The molecule has 1 rings (SSSR count). The number of hydrogen-bond acceptors (Lipinski definition) is 3. The van der Waals surface area contributed by atoms with Crippen molar-refractivity contribution in [3.05, 3.63) is 29.8 Å². The van der Waals surface area contributed by atoms with E-state index in [-0.39, 0.29) is 0 Å². The Morgan fingerprint density at radius 2 is 2.00 bits per heavy atom. The van der Waals surface area contributed by atoms with E-state index in [2.05, 4.69) is 5.43 Å². The molecule has 4 N–H and O–H groups in total. The SMILES string of the molecule is C[C@H](CCc1ccc(O)cc1)NN. The molecule has 0 saturated heterocycles. The molecule has 0 radical (unpaired) electrons. The molecule has 0 unspecified atom stereocenters. The molecule has 1 aromatic rings. The predicted molar refractivity (Wildman–Crippen MR) is 53.2 cm³/mol. The molecule has 0 spiro atoms. The molecule has 0 fully saturated rings. The van der Waals surface area contributed by atoms with Crippen LogP contribution in [-0.2, 0) is 6.42 Å². The number of hydrazine groups is 1. The van der Waals surface area contributed by atoms with Crippen molar-refractivity contribution in [1.29, 1.82) is 0 Å². The first-order valence-electron chi connectivity index (χ1n) is 4.46. The summed E-state index contributed by atoms with van der Waals surface area (Å²) in [5.74, 6) is 5.58. The van der Waals surface area contributed by atoms with Crippen molar-refractivity contribution in [2.45, 2.75) is 25.8 Å². The first-order chi connectivity index (χ1) is 6.22. The number of phenols is 1. The fourth-order valence-corrected chi connectivity index (χ4v) is 1.13. The third kappa shape index (κ3) is 3.44. The summed E-state index contributed by atoms with van der Waals surface area (Å²) in [6.07, 6.45) is 1.98. The van der Waals surface area contributed by atoms with E-state index >= 15 is 0 Å². The zero-order valence-corrected chi connectivity index (χ0v) is 7.83. The van der Waals surface area contributed by atoms with E-state index in [9.17, 15) is 0 Å². The smallest absolute Gasteiger partial charge is 0.115 e. The summed E-state index contributed by atoms with van der Waals surface area (Å²) in [6.45, 7) is 2.04. The highest BCUT2D eigenvalue weighted by Crippen LogP contribution is 2.11. The van der Waals surface area contributed by atoms with E-state index in [4.69, 9.17) is 10.9 Å². The van der Waals surface area contributed by atoms with E-state index in [1.165, 1.54) is 5.56 Å². The number of hydrogen-bond donors (Lipinski definition) is 3. The molecule has 72 valence electrons. The van der Waals surface area contributed by atoms with Gasteiger partial charge in [0, 0.05) is 6.04 Å². The van der Waals surface area contributed by atoms with Gasteiger partial charge in [-0.1, -0.05) is 12.1 Å². The van der Waals surface area contributed by atoms with Crippen molar-refractivity contribution in [1.82, 2.24) is 5.43 Å². The summed E-state index contributed by atoms with van der Waals surface area (Å²) in [6, 6.07) is 7.59. The molecule has 0 aliphatic rings. The van der Waals surface area contributed by atoms with Gasteiger partial charge in [-0.25, -0.2) is 0 Å². The fraction of sp³-hybridized carbons (Fsp3) is 0.400. The van der Waals surface area contributed by atoms with E-state index in [1.807, 2.05) is 19.1 Å². The minimum atomic E-state index is 0.314. The first kappa shape index (κ1) is 10.0. The number of nitrogens with two attached hydrogens (primary N) is 1. The van der Waals surface area contributed by atoms with Gasteiger partial charge in [0.2, 0.25) is 0 Å². The van der Waals surface area contributed by atoms with Gasteiger partial charge in [-0.15, -0.1) is 0 Å². The Hall–Kier alpha value is -1.06. The number of benzene rings is 1. The zero-order valence-electron chi connectivity index (χ0n) is 7.83. The van der Waals surface area contributed by atoms with E-state index in [0.29, 0.717) is 11.8 Å². The lowest BCUT2D eigenvalue weighted by Crippen LogP contribution is -2.32. The van der Waals surface area contributed by atoms with Gasteiger partial charge < -0.3 is 5.11 Å². The molecule has 0 aliphatic carbocycles. The number of aryl methyl sites for hydroxylation is 1. The summed E-state index contributed by atoms with van der Waals surface area (Å²) in [7, 11) is 0. The summed E-state index contributed by atoms with van der Waals surface area (Å²) in [4.78, 5) is 0. The lowest BCUT2D eigenvalue weighted by molar-refractivity contribution is 0.475. The summed E-state index contributed by atoms with van der Waals surface area (Å²) < 4.78 is 0. The molecular formula is C10H16N2O. The topological polar surface area (TPSA) is 58.3 Å². The Kier molecular flexibility index (Phi) is 3.73. The molecule has 3 heteroatoms. The Morgan fingerprint density at radius 3 is 2.54 bits per heavy atom. The van der Waals surface area contributed by atoms with E-state index in [1.54, 1.807) is 12.1 Å². The molecule has 1 aromatic carbocycles. The fourth-order valence-electron chi connectivity index (χ4n) is 1.13. The lowest BCUT2D eigenvalue weighted by Gasteiger charge is -2.08. The van der Waals surface area contributed by atoms with Gasteiger partial charge in [-0.3, -0.25) is 11.3 Å². The van der Waals surface area contributed by atoms with E-state index < -0.39 is 0 Å². The third-order valence-corrected chi connectivity index (χ3v) is 2.09. The maximum Gasteiger partial charge on any atom is 0.115 e. The zero-order chi connectivity index (χ0) is 9.68. The monoisotopic (exact) mass is 180 g/mol. The molecule has 3 nitrogen and oxygen atoms in total. The van der Waals surface area contributed by atoms with Crippen molar-refractivity contribution in [2.24, 2.45) is 5.84 Å². The maximum atomic E-state index is 9.05. The number of phenolic OH excluding ortho intramolecular Hbond substituents is 1. The van der Waals surface area contributed by atoms with Crippen LogP contribution in [0, 0.1) is 0 Å². The van der Waals surface area contributed by atoms with Gasteiger partial charge >= 0.3 is 0 Å². The highest BCUT2D eigenvalue weighted by Gasteiger charge is 1.99. The van der Waals surface area contributed by atoms with Crippen molar-refractivity contribution >= 4 is 0 Å². The Balaban J connectivity index is 2.41. The standard InChI is InChI=1S/C10H16N2O/c1-8(12-11)2-3-9-4-6-10(13)7-5-9/h4-8,12-13H,2-3,11H2,1H3/t8-/m1/s1. The van der Waals surface area contributed by atoms with Crippen LogP contribution < -0.4 is 11.3 Å². The Labute approximate surface area is 78.5 Å². The van der Waals surface area contributed by atoms with Crippen LogP contribution in [0.4, 0.5) is 0 Å². The molecule has 0 aromatic heterocycles. The van der Waals surface area contributed by atoms with Crippen LogP contribution in [0.25, 0.3) is 0 Å². The normalized spacial score (nSPS) is 12.8. The van der Waals surface area contributed by atoms with E-state index in [0.717, 1.165) is 12.8 Å². The Morgan fingerprint density at radius 1 is 1.38 bits per heavy atom.